The molecule has 0 amide bonds. The Morgan fingerprint density at radius 2 is 2.06 bits per heavy atom. The number of rotatable bonds is 4. The van der Waals surface area contributed by atoms with Crippen LogP contribution in [0, 0.1) is 0 Å². The Hall–Kier alpha value is -1.95. The highest BCUT2D eigenvalue weighted by Crippen LogP contribution is 2.16. The zero-order valence-corrected chi connectivity index (χ0v) is 9.87. The number of tetrazole rings is 1. The predicted molar refractivity (Wildman–Crippen MR) is 62.2 cm³/mol. The van der Waals surface area contributed by atoms with Gasteiger partial charge in [0.05, 0.1) is 7.05 Å². The van der Waals surface area contributed by atoms with Gasteiger partial charge in [0.25, 0.3) is 0 Å². The number of hydrogen-bond donors (Lipinski definition) is 1. The maximum absolute atomic E-state index is 5.76. The van der Waals surface area contributed by atoms with E-state index >= 15 is 0 Å². The van der Waals surface area contributed by atoms with Crippen LogP contribution >= 0.6 is 0 Å². The van der Waals surface area contributed by atoms with Gasteiger partial charge in [-0.2, -0.15) is 4.80 Å². The van der Waals surface area contributed by atoms with Gasteiger partial charge in [-0.15, -0.1) is 10.2 Å². The van der Waals surface area contributed by atoms with Gasteiger partial charge in [-0.05, 0) is 29.8 Å². The SMILES string of the molecule is CC(N)c1ccc(OCc2nnn(C)n2)cc1. The number of nitrogens with two attached hydrogens (primary N) is 1. The van der Waals surface area contributed by atoms with Gasteiger partial charge in [0.15, 0.2) is 6.61 Å². The number of nitrogens with zero attached hydrogens (tertiary/aromatic N) is 4. The molecule has 0 aliphatic heterocycles. The van der Waals surface area contributed by atoms with Crippen molar-refractivity contribution in [2.24, 2.45) is 12.8 Å². The van der Waals surface area contributed by atoms with E-state index < -0.39 is 0 Å². The lowest BCUT2D eigenvalue weighted by Gasteiger charge is -2.07. The maximum Gasteiger partial charge on any atom is 0.212 e. The summed E-state index contributed by atoms with van der Waals surface area (Å²) in [5.41, 5.74) is 6.84. The second-order valence-corrected chi connectivity index (χ2v) is 3.84. The fourth-order valence-electron chi connectivity index (χ4n) is 1.40. The summed E-state index contributed by atoms with van der Waals surface area (Å²) in [5, 5.41) is 11.6. The van der Waals surface area contributed by atoms with E-state index in [9.17, 15) is 0 Å². The minimum atomic E-state index is 0.0331. The van der Waals surface area contributed by atoms with E-state index in [4.69, 9.17) is 10.5 Å². The summed E-state index contributed by atoms with van der Waals surface area (Å²) >= 11 is 0. The minimum absolute atomic E-state index is 0.0331. The van der Waals surface area contributed by atoms with Gasteiger partial charge in [-0.3, -0.25) is 0 Å². The number of aryl methyl sites for hydroxylation is 1. The second kappa shape index (κ2) is 4.92. The normalized spacial score (nSPS) is 12.4. The van der Waals surface area contributed by atoms with E-state index in [1.165, 1.54) is 4.80 Å². The molecule has 1 aromatic heterocycles. The van der Waals surface area contributed by atoms with Crippen molar-refractivity contribution >= 4 is 0 Å². The topological polar surface area (TPSA) is 78.9 Å². The van der Waals surface area contributed by atoms with Gasteiger partial charge >= 0.3 is 0 Å². The van der Waals surface area contributed by atoms with Crippen molar-refractivity contribution in [1.82, 2.24) is 20.2 Å². The van der Waals surface area contributed by atoms with Crippen LogP contribution in [0.4, 0.5) is 0 Å². The van der Waals surface area contributed by atoms with E-state index in [-0.39, 0.29) is 6.04 Å². The van der Waals surface area contributed by atoms with Gasteiger partial charge in [0, 0.05) is 6.04 Å². The van der Waals surface area contributed by atoms with E-state index in [1.54, 1.807) is 7.05 Å². The van der Waals surface area contributed by atoms with Crippen LogP contribution in [-0.4, -0.2) is 20.2 Å². The third kappa shape index (κ3) is 3.01. The zero-order valence-electron chi connectivity index (χ0n) is 9.87. The Bertz CT molecular complexity index is 477. The molecule has 90 valence electrons. The van der Waals surface area contributed by atoms with Crippen LogP contribution in [0.25, 0.3) is 0 Å². The van der Waals surface area contributed by atoms with E-state index in [0.29, 0.717) is 12.4 Å². The van der Waals surface area contributed by atoms with Crippen molar-refractivity contribution in [2.45, 2.75) is 19.6 Å². The van der Waals surface area contributed by atoms with Crippen LogP contribution in [0.3, 0.4) is 0 Å². The monoisotopic (exact) mass is 233 g/mol. The van der Waals surface area contributed by atoms with Crippen LogP contribution in [0.5, 0.6) is 5.75 Å². The summed E-state index contributed by atoms with van der Waals surface area (Å²) in [5.74, 6) is 1.32. The summed E-state index contributed by atoms with van der Waals surface area (Å²) in [6.07, 6.45) is 0. The third-order valence-electron chi connectivity index (χ3n) is 2.32. The third-order valence-corrected chi connectivity index (χ3v) is 2.32. The standard InChI is InChI=1S/C11H15N5O/c1-8(12)9-3-5-10(6-4-9)17-7-11-13-15-16(2)14-11/h3-6,8H,7,12H2,1-2H3. The Labute approximate surface area is 99.4 Å². The largest absolute Gasteiger partial charge is 0.485 e. The molecule has 1 unspecified atom stereocenters. The van der Waals surface area contributed by atoms with Crippen LogP contribution in [0.15, 0.2) is 24.3 Å². The lowest BCUT2D eigenvalue weighted by atomic mass is 10.1. The summed E-state index contributed by atoms with van der Waals surface area (Å²) in [6, 6.07) is 7.70. The molecule has 17 heavy (non-hydrogen) atoms. The van der Waals surface area contributed by atoms with Gasteiger partial charge in [0.1, 0.15) is 5.75 Å². The number of ether oxygens (including phenoxy) is 1. The van der Waals surface area contributed by atoms with Crippen molar-refractivity contribution in [2.75, 3.05) is 0 Å². The Balaban J connectivity index is 1.95. The van der Waals surface area contributed by atoms with Crippen molar-refractivity contribution in [3.63, 3.8) is 0 Å². The molecule has 0 radical (unpaired) electrons. The average Bonchev–Trinajstić information content (AvgIpc) is 2.73. The molecule has 0 bridgehead atoms. The molecular weight excluding hydrogens is 218 g/mol. The molecule has 0 saturated heterocycles. The van der Waals surface area contributed by atoms with Gasteiger partial charge in [-0.25, -0.2) is 0 Å². The first-order valence-electron chi connectivity index (χ1n) is 5.36. The summed E-state index contributed by atoms with van der Waals surface area (Å²) in [7, 11) is 1.72. The minimum Gasteiger partial charge on any atom is -0.485 e. The van der Waals surface area contributed by atoms with E-state index in [0.717, 1.165) is 11.3 Å². The molecule has 2 N–H and O–H groups in total. The second-order valence-electron chi connectivity index (χ2n) is 3.84. The molecule has 0 spiro atoms. The molecule has 0 fully saturated rings. The molecule has 2 aromatic rings. The van der Waals surface area contributed by atoms with Crippen molar-refractivity contribution < 1.29 is 4.74 Å². The zero-order chi connectivity index (χ0) is 12.3. The Morgan fingerprint density at radius 3 is 2.59 bits per heavy atom. The molecule has 0 aliphatic rings. The van der Waals surface area contributed by atoms with Crippen molar-refractivity contribution in [3.05, 3.63) is 35.7 Å². The van der Waals surface area contributed by atoms with E-state index in [2.05, 4.69) is 15.4 Å². The molecule has 1 heterocycles. The quantitative estimate of drug-likeness (QED) is 0.845. The molecule has 0 aliphatic carbocycles. The van der Waals surface area contributed by atoms with E-state index in [1.807, 2.05) is 31.2 Å². The smallest absolute Gasteiger partial charge is 0.212 e. The lowest BCUT2D eigenvalue weighted by Crippen LogP contribution is -2.04. The summed E-state index contributed by atoms with van der Waals surface area (Å²) < 4.78 is 5.52. The molecule has 1 aromatic carbocycles. The molecular formula is C11H15N5O. The lowest BCUT2D eigenvalue weighted by molar-refractivity contribution is 0.295. The highest BCUT2D eigenvalue weighted by molar-refractivity contribution is 5.28. The maximum atomic E-state index is 5.76. The van der Waals surface area contributed by atoms with Crippen molar-refractivity contribution in [3.8, 4) is 5.75 Å². The fraction of sp³-hybridized carbons (Fsp3) is 0.364. The van der Waals surface area contributed by atoms with Crippen molar-refractivity contribution in [1.29, 1.82) is 0 Å². The summed E-state index contributed by atoms with van der Waals surface area (Å²) in [6.45, 7) is 2.25. The predicted octanol–water partition coefficient (Wildman–Crippen LogP) is 0.809. The highest BCUT2D eigenvalue weighted by Gasteiger charge is 2.03. The first-order valence-corrected chi connectivity index (χ1v) is 5.36. The van der Waals surface area contributed by atoms with Gasteiger partial charge in [-0.1, -0.05) is 12.1 Å². The first-order chi connectivity index (χ1) is 8.15. The number of hydrogen-bond acceptors (Lipinski definition) is 5. The number of benzene rings is 1. The highest BCUT2D eigenvalue weighted by atomic mass is 16.5. The Morgan fingerprint density at radius 1 is 1.35 bits per heavy atom. The first kappa shape index (κ1) is 11.5. The molecule has 1 atom stereocenters. The molecule has 6 heteroatoms. The molecule has 6 nitrogen and oxygen atoms in total. The van der Waals surface area contributed by atoms with Gasteiger partial charge in [0.2, 0.25) is 5.82 Å². The summed E-state index contributed by atoms with van der Waals surface area (Å²) in [4.78, 5) is 1.40. The van der Waals surface area contributed by atoms with Gasteiger partial charge < -0.3 is 10.5 Å². The van der Waals surface area contributed by atoms with Crippen LogP contribution in [0.2, 0.25) is 0 Å². The average molecular weight is 233 g/mol. The van der Waals surface area contributed by atoms with Crippen LogP contribution in [-0.2, 0) is 13.7 Å². The van der Waals surface area contributed by atoms with Crippen LogP contribution in [0.1, 0.15) is 24.4 Å². The molecule has 0 saturated carbocycles. The Kier molecular flexibility index (Phi) is 3.34. The number of aromatic nitrogens is 4. The molecule has 2 rings (SSSR count). The fourth-order valence-corrected chi connectivity index (χ4v) is 1.40. The van der Waals surface area contributed by atoms with Crippen LogP contribution < -0.4 is 10.5 Å².